The van der Waals surface area contributed by atoms with Gasteiger partial charge in [0.2, 0.25) is 11.8 Å². The maximum Gasteiger partial charge on any atom is 0.326 e. The van der Waals surface area contributed by atoms with Crippen LogP contribution in [0, 0.1) is 13.8 Å². The lowest BCUT2D eigenvalue weighted by Gasteiger charge is -2.13. The lowest BCUT2D eigenvalue weighted by Crippen LogP contribution is -2.41. The first kappa shape index (κ1) is 16.7. The number of carbonyl (C=O) groups excluding carboxylic acids is 2. The van der Waals surface area contributed by atoms with Crippen molar-refractivity contribution in [2.45, 2.75) is 45.7 Å². The van der Waals surface area contributed by atoms with Gasteiger partial charge in [0.25, 0.3) is 0 Å². The molecule has 0 aliphatic rings. The zero-order chi connectivity index (χ0) is 16.0. The van der Waals surface area contributed by atoms with E-state index < -0.39 is 23.8 Å². The molecule has 1 heterocycles. The number of hydrogen-bond donors (Lipinski definition) is 3. The van der Waals surface area contributed by atoms with Crippen LogP contribution in [0.4, 0.5) is 0 Å². The number of nitrogens with zero attached hydrogens (tertiary/aromatic N) is 2. The highest BCUT2D eigenvalue weighted by Gasteiger charge is 2.20. The van der Waals surface area contributed by atoms with E-state index in [2.05, 4.69) is 10.4 Å². The number of amides is 2. The molecule has 0 saturated heterocycles. The van der Waals surface area contributed by atoms with Gasteiger partial charge in [0.15, 0.2) is 0 Å². The zero-order valence-corrected chi connectivity index (χ0v) is 12.1. The predicted octanol–water partition coefficient (Wildman–Crippen LogP) is -0.275. The summed E-state index contributed by atoms with van der Waals surface area (Å²) in [6.45, 7) is 4.10. The second kappa shape index (κ2) is 7.41. The number of carbonyl (C=O) groups is 3. The molecule has 1 aromatic heterocycles. The van der Waals surface area contributed by atoms with E-state index in [4.69, 9.17) is 10.8 Å². The van der Waals surface area contributed by atoms with Gasteiger partial charge in [0.05, 0.1) is 5.69 Å². The zero-order valence-electron chi connectivity index (χ0n) is 12.1. The van der Waals surface area contributed by atoms with Gasteiger partial charge < -0.3 is 16.2 Å². The largest absolute Gasteiger partial charge is 0.480 e. The van der Waals surface area contributed by atoms with Crippen molar-refractivity contribution in [1.29, 1.82) is 0 Å². The molecule has 8 nitrogen and oxygen atoms in total. The summed E-state index contributed by atoms with van der Waals surface area (Å²) in [7, 11) is 0. The van der Waals surface area contributed by atoms with E-state index in [9.17, 15) is 14.4 Å². The topological polar surface area (TPSA) is 127 Å². The summed E-state index contributed by atoms with van der Waals surface area (Å²) >= 11 is 0. The predicted molar refractivity (Wildman–Crippen MR) is 74.3 cm³/mol. The van der Waals surface area contributed by atoms with Crippen LogP contribution in [0.2, 0.25) is 0 Å². The Morgan fingerprint density at radius 1 is 1.38 bits per heavy atom. The number of hydrogen-bond acceptors (Lipinski definition) is 4. The lowest BCUT2D eigenvalue weighted by molar-refractivity contribution is -0.142. The lowest BCUT2D eigenvalue weighted by atomic mass is 10.1. The van der Waals surface area contributed by atoms with E-state index in [1.165, 1.54) is 0 Å². The molecule has 8 heteroatoms. The number of carboxylic acid groups (broad SMARTS) is 1. The minimum Gasteiger partial charge on any atom is -0.480 e. The molecule has 116 valence electrons. The molecule has 0 aliphatic carbocycles. The summed E-state index contributed by atoms with van der Waals surface area (Å²) in [4.78, 5) is 33.4. The molecule has 1 aromatic rings. The minimum atomic E-state index is -1.18. The molecular formula is C13H20N4O4. The first-order chi connectivity index (χ1) is 9.79. The Morgan fingerprint density at radius 3 is 2.52 bits per heavy atom. The monoisotopic (exact) mass is 296 g/mol. The maximum atomic E-state index is 11.8. The number of aromatic nitrogens is 2. The van der Waals surface area contributed by atoms with Gasteiger partial charge in [-0.25, -0.2) is 4.79 Å². The van der Waals surface area contributed by atoms with Crippen LogP contribution in [0.25, 0.3) is 0 Å². The van der Waals surface area contributed by atoms with Crippen LogP contribution in [0.15, 0.2) is 6.07 Å². The Labute approximate surface area is 122 Å². The number of carboxylic acids is 1. The number of nitrogens with two attached hydrogens (primary N) is 1. The molecule has 21 heavy (non-hydrogen) atoms. The molecule has 2 amide bonds. The van der Waals surface area contributed by atoms with Crippen molar-refractivity contribution < 1.29 is 19.5 Å². The Balaban J connectivity index is 2.48. The normalized spacial score (nSPS) is 11.9. The first-order valence-corrected chi connectivity index (χ1v) is 6.61. The molecule has 0 unspecified atom stereocenters. The fourth-order valence-corrected chi connectivity index (χ4v) is 1.92. The van der Waals surface area contributed by atoms with Crippen molar-refractivity contribution in [2.24, 2.45) is 5.73 Å². The third kappa shape index (κ3) is 5.64. The Kier molecular flexibility index (Phi) is 5.89. The van der Waals surface area contributed by atoms with Gasteiger partial charge >= 0.3 is 5.97 Å². The second-order valence-corrected chi connectivity index (χ2v) is 4.86. The van der Waals surface area contributed by atoms with Crippen molar-refractivity contribution in [3.05, 3.63) is 17.5 Å². The smallest absolute Gasteiger partial charge is 0.326 e. The third-order valence-electron chi connectivity index (χ3n) is 2.97. The summed E-state index contributed by atoms with van der Waals surface area (Å²) in [5.41, 5.74) is 6.76. The van der Waals surface area contributed by atoms with Crippen molar-refractivity contribution in [1.82, 2.24) is 15.1 Å². The van der Waals surface area contributed by atoms with Gasteiger partial charge in [-0.1, -0.05) is 0 Å². The van der Waals surface area contributed by atoms with Gasteiger partial charge in [-0.3, -0.25) is 14.3 Å². The van der Waals surface area contributed by atoms with Crippen LogP contribution in [0.3, 0.4) is 0 Å². The molecular weight excluding hydrogens is 276 g/mol. The van der Waals surface area contributed by atoms with Gasteiger partial charge in [-0.05, 0) is 26.3 Å². The molecule has 1 rings (SSSR count). The Hall–Kier alpha value is -2.38. The van der Waals surface area contributed by atoms with Gasteiger partial charge in [0.1, 0.15) is 6.04 Å². The average molecular weight is 296 g/mol. The number of aliphatic carboxylic acids is 1. The fourth-order valence-electron chi connectivity index (χ4n) is 1.92. The van der Waals surface area contributed by atoms with Crippen molar-refractivity contribution in [2.75, 3.05) is 0 Å². The number of aryl methyl sites for hydroxylation is 3. The standard InChI is InChI=1S/C13H20N4O4/c1-8-7-9(2)17(16-8)6-5-12(19)15-10(13(20)21)3-4-11(14)18/h7,10H,3-6H2,1-2H3,(H2,14,18)(H,15,19)(H,20,21)/t10-/m1/s1. The summed E-state index contributed by atoms with van der Waals surface area (Å²) in [6, 6.07) is 0.788. The average Bonchev–Trinajstić information content (AvgIpc) is 2.69. The van der Waals surface area contributed by atoms with E-state index in [0.29, 0.717) is 6.54 Å². The van der Waals surface area contributed by atoms with E-state index in [1.54, 1.807) is 4.68 Å². The molecule has 0 radical (unpaired) electrons. The van der Waals surface area contributed by atoms with E-state index in [0.717, 1.165) is 11.4 Å². The highest BCUT2D eigenvalue weighted by Crippen LogP contribution is 2.03. The number of nitrogens with one attached hydrogen (secondary N) is 1. The van der Waals surface area contributed by atoms with Crippen LogP contribution >= 0.6 is 0 Å². The summed E-state index contributed by atoms with van der Waals surface area (Å²) < 4.78 is 1.69. The molecule has 0 aromatic carbocycles. The van der Waals surface area contributed by atoms with Crippen molar-refractivity contribution >= 4 is 17.8 Å². The van der Waals surface area contributed by atoms with Crippen LogP contribution in [0.5, 0.6) is 0 Å². The maximum absolute atomic E-state index is 11.8. The van der Waals surface area contributed by atoms with Crippen LogP contribution in [0.1, 0.15) is 30.7 Å². The van der Waals surface area contributed by atoms with E-state index in [1.807, 2.05) is 19.9 Å². The first-order valence-electron chi connectivity index (χ1n) is 6.61. The van der Waals surface area contributed by atoms with E-state index >= 15 is 0 Å². The SMILES string of the molecule is Cc1cc(C)n(CCC(=O)N[C@H](CCC(N)=O)C(=O)O)n1. The van der Waals surface area contributed by atoms with Crippen molar-refractivity contribution in [3.63, 3.8) is 0 Å². The molecule has 0 saturated carbocycles. The van der Waals surface area contributed by atoms with Gasteiger partial charge in [-0.15, -0.1) is 0 Å². The number of rotatable bonds is 8. The molecule has 1 atom stereocenters. The third-order valence-corrected chi connectivity index (χ3v) is 2.97. The van der Waals surface area contributed by atoms with Crippen LogP contribution < -0.4 is 11.1 Å². The highest BCUT2D eigenvalue weighted by atomic mass is 16.4. The van der Waals surface area contributed by atoms with Crippen molar-refractivity contribution in [3.8, 4) is 0 Å². The van der Waals surface area contributed by atoms with E-state index in [-0.39, 0.29) is 19.3 Å². The molecule has 0 spiro atoms. The van der Waals surface area contributed by atoms with Gasteiger partial charge in [-0.2, -0.15) is 5.10 Å². The molecule has 0 fully saturated rings. The van der Waals surface area contributed by atoms with Gasteiger partial charge in [0, 0.05) is 25.1 Å². The molecule has 0 aliphatic heterocycles. The number of primary amides is 1. The second-order valence-electron chi connectivity index (χ2n) is 4.86. The van der Waals surface area contributed by atoms with Crippen LogP contribution in [-0.2, 0) is 20.9 Å². The van der Waals surface area contributed by atoms with Crippen LogP contribution in [-0.4, -0.2) is 38.7 Å². The highest BCUT2D eigenvalue weighted by molar-refractivity contribution is 5.84. The summed E-state index contributed by atoms with van der Waals surface area (Å²) in [5.74, 6) is -2.19. The summed E-state index contributed by atoms with van der Waals surface area (Å²) in [5, 5.41) is 15.6. The minimum absolute atomic E-state index is 0.0175. The molecule has 4 N–H and O–H groups in total. The fraction of sp³-hybridized carbons (Fsp3) is 0.538. The Bertz CT molecular complexity index is 538. The Morgan fingerprint density at radius 2 is 2.05 bits per heavy atom. The summed E-state index contributed by atoms with van der Waals surface area (Å²) in [6.07, 6.45) is 0.00727. The quantitative estimate of drug-likeness (QED) is 0.608. The molecule has 0 bridgehead atoms.